The van der Waals surface area contributed by atoms with Gasteiger partial charge in [0.05, 0.1) is 12.8 Å². The summed E-state index contributed by atoms with van der Waals surface area (Å²) < 4.78 is 5.55. The molecule has 0 aliphatic carbocycles. The third-order valence-corrected chi connectivity index (χ3v) is 4.34. The van der Waals surface area contributed by atoms with Crippen LogP contribution in [0.4, 0.5) is 5.82 Å². The lowest BCUT2D eigenvalue weighted by Crippen LogP contribution is -2.29. The molecule has 3 aromatic rings. The molecule has 24 heavy (non-hydrogen) atoms. The second-order valence-corrected chi connectivity index (χ2v) is 6.02. The van der Waals surface area contributed by atoms with Gasteiger partial charge in [-0.05, 0) is 43.1 Å². The van der Waals surface area contributed by atoms with Gasteiger partial charge in [0, 0.05) is 16.3 Å². The van der Waals surface area contributed by atoms with Gasteiger partial charge in [0.2, 0.25) is 0 Å². The summed E-state index contributed by atoms with van der Waals surface area (Å²) in [6.45, 7) is 5.10. The standard InChI is InChI=1S/C18H20BN3O2/c1-10-7-17(24-4)15(9-16(10)19(3)23)12-5-6-13-14(8-12)11(2)21-22-18(13)20/h5-9,23H,1-4H3,(H2,20,22). The second kappa shape index (κ2) is 6.13. The maximum Gasteiger partial charge on any atom is 0.320 e. The highest BCUT2D eigenvalue weighted by Crippen LogP contribution is 2.33. The van der Waals surface area contributed by atoms with Crippen LogP contribution in [-0.4, -0.2) is 29.2 Å². The maximum absolute atomic E-state index is 10.0. The molecule has 1 heterocycles. The molecule has 3 N–H and O–H groups in total. The van der Waals surface area contributed by atoms with Crippen LogP contribution in [0.25, 0.3) is 21.9 Å². The summed E-state index contributed by atoms with van der Waals surface area (Å²) in [5.41, 5.74) is 10.5. The Labute approximate surface area is 141 Å². The first-order valence-corrected chi connectivity index (χ1v) is 7.82. The predicted molar refractivity (Wildman–Crippen MR) is 98.9 cm³/mol. The fourth-order valence-electron chi connectivity index (χ4n) is 3.01. The van der Waals surface area contributed by atoms with Gasteiger partial charge in [0.25, 0.3) is 0 Å². The first-order chi connectivity index (χ1) is 11.4. The van der Waals surface area contributed by atoms with Crippen LogP contribution in [0.2, 0.25) is 6.82 Å². The maximum atomic E-state index is 10.0. The minimum absolute atomic E-state index is 0.419. The number of fused-ring (bicyclic) bond motifs is 1. The van der Waals surface area contributed by atoms with Crippen LogP contribution in [0.3, 0.4) is 0 Å². The van der Waals surface area contributed by atoms with Crippen molar-refractivity contribution in [2.45, 2.75) is 20.7 Å². The number of aryl methyl sites for hydroxylation is 2. The molecule has 0 amide bonds. The molecule has 0 aliphatic rings. The highest BCUT2D eigenvalue weighted by atomic mass is 16.5. The SMILES string of the molecule is COc1cc(C)c(B(C)O)cc1-c1ccc2c(N)nnc(C)c2c1. The molecule has 2 aromatic carbocycles. The van der Waals surface area contributed by atoms with E-state index in [0.717, 1.165) is 44.4 Å². The molecule has 0 saturated heterocycles. The van der Waals surface area contributed by atoms with Crippen LogP contribution in [0.15, 0.2) is 30.3 Å². The van der Waals surface area contributed by atoms with Crippen molar-refractivity contribution in [1.29, 1.82) is 0 Å². The summed E-state index contributed by atoms with van der Waals surface area (Å²) >= 11 is 0. The third kappa shape index (κ3) is 2.69. The van der Waals surface area contributed by atoms with E-state index in [1.807, 2.05) is 44.2 Å². The third-order valence-electron chi connectivity index (χ3n) is 4.34. The zero-order chi connectivity index (χ0) is 17.4. The lowest BCUT2D eigenvalue weighted by molar-refractivity contribution is 0.416. The molecule has 0 unspecified atom stereocenters. The van der Waals surface area contributed by atoms with Gasteiger partial charge in [-0.2, -0.15) is 5.10 Å². The average Bonchev–Trinajstić information content (AvgIpc) is 2.57. The van der Waals surface area contributed by atoms with Crippen LogP contribution in [-0.2, 0) is 0 Å². The molecule has 3 rings (SSSR count). The number of hydrogen-bond donors (Lipinski definition) is 2. The molecule has 0 atom stereocenters. The number of rotatable bonds is 3. The molecule has 122 valence electrons. The molecule has 0 spiro atoms. The van der Waals surface area contributed by atoms with Crippen LogP contribution in [0, 0.1) is 13.8 Å². The molecule has 0 aliphatic heterocycles. The van der Waals surface area contributed by atoms with Crippen molar-refractivity contribution in [2.75, 3.05) is 12.8 Å². The number of benzene rings is 2. The van der Waals surface area contributed by atoms with Crippen LogP contribution >= 0.6 is 0 Å². The van der Waals surface area contributed by atoms with E-state index in [1.54, 1.807) is 13.9 Å². The Hall–Kier alpha value is -2.60. The van der Waals surface area contributed by atoms with Crippen molar-refractivity contribution in [3.05, 3.63) is 41.6 Å². The Bertz CT molecular complexity index is 926. The topological polar surface area (TPSA) is 81.3 Å². The summed E-state index contributed by atoms with van der Waals surface area (Å²) in [5, 5.41) is 19.9. The van der Waals surface area contributed by atoms with Gasteiger partial charge in [0.1, 0.15) is 5.75 Å². The van der Waals surface area contributed by atoms with Crippen LogP contribution in [0.5, 0.6) is 5.75 Å². The van der Waals surface area contributed by atoms with E-state index in [1.165, 1.54) is 0 Å². The number of hydrogen-bond acceptors (Lipinski definition) is 5. The lowest BCUT2D eigenvalue weighted by Gasteiger charge is -2.15. The number of nitrogen functional groups attached to an aromatic ring is 1. The van der Waals surface area contributed by atoms with Gasteiger partial charge in [-0.3, -0.25) is 0 Å². The van der Waals surface area contributed by atoms with Crippen molar-refractivity contribution in [3.8, 4) is 16.9 Å². The van der Waals surface area contributed by atoms with E-state index in [2.05, 4.69) is 10.2 Å². The number of nitrogens with two attached hydrogens (primary N) is 1. The zero-order valence-electron chi connectivity index (χ0n) is 14.3. The summed E-state index contributed by atoms with van der Waals surface area (Å²) in [7, 11) is 1.65. The summed E-state index contributed by atoms with van der Waals surface area (Å²) in [6, 6.07) is 9.90. The molecular formula is C18H20BN3O2. The highest BCUT2D eigenvalue weighted by Gasteiger charge is 2.16. The summed E-state index contributed by atoms with van der Waals surface area (Å²) in [6.07, 6.45) is 0. The largest absolute Gasteiger partial charge is 0.496 e. The van der Waals surface area contributed by atoms with Gasteiger partial charge in [-0.15, -0.1) is 5.10 Å². The minimum Gasteiger partial charge on any atom is -0.496 e. The van der Waals surface area contributed by atoms with Crippen molar-refractivity contribution < 1.29 is 9.76 Å². The Kier molecular flexibility index (Phi) is 4.16. The quantitative estimate of drug-likeness (QED) is 0.724. The first kappa shape index (κ1) is 16.3. The van der Waals surface area contributed by atoms with Gasteiger partial charge in [-0.25, -0.2) is 0 Å². The van der Waals surface area contributed by atoms with E-state index in [-0.39, 0.29) is 0 Å². The summed E-state index contributed by atoms with van der Waals surface area (Å²) in [4.78, 5) is 0. The Morgan fingerprint density at radius 3 is 2.50 bits per heavy atom. The Morgan fingerprint density at radius 2 is 1.83 bits per heavy atom. The molecule has 6 heteroatoms. The molecule has 0 saturated carbocycles. The molecule has 5 nitrogen and oxygen atoms in total. The van der Waals surface area contributed by atoms with Gasteiger partial charge >= 0.3 is 6.92 Å². The van der Waals surface area contributed by atoms with Crippen molar-refractivity contribution >= 4 is 29.0 Å². The monoisotopic (exact) mass is 321 g/mol. The average molecular weight is 321 g/mol. The van der Waals surface area contributed by atoms with E-state index >= 15 is 0 Å². The van der Waals surface area contributed by atoms with E-state index in [9.17, 15) is 5.02 Å². The van der Waals surface area contributed by atoms with Crippen molar-refractivity contribution in [3.63, 3.8) is 0 Å². The highest BCUT2D eigenvalue weighted by molar-refractivity contribution is 6.65. The fraction of sp³-hybridized carbons (Fsp3) is 0.222. The number of nitrogens with zero attached hydrogens (tertiary/aromatic N) is 2. The lowest BCUT2D eigenvalue weighted by atomic mass is 9.62. The second-order valence-electron chi connectivity index (χ2n) is 6.02. The van der Waals surface area contributed by atoms with Gasteiger partial charge in [0.15, 0.2) is 5.82 Å². The summed E-state index contributed by atoms with van der Waals surface area (Å²) in [5.74, 6) is 1.19. The van der Waals surface area contributed by atoms with Crippen molar-refractivity contribution in [1.82, 2.24) is 10.2 Å². The van der Waals surface area contributed by atoms with E-state index in [0.29, 0.717) is 5.82 Å². The Balaban J connectivity index is 2.27. The molecule has 0 bridgehead atoms. The minimum atomic E-state index is -0.543. The van der Waals surface area contributed by atoms with Gasteiger partial charge in [-0.1, -0.05) is 24.5 Å². The Morgan fingerprint density at radius 1 is 1.08 bits per heavy atom. The van der Waals surface area contributed by atoms with Crippen LogP contribution < -0.4 is 15.9 Å². The van der Waals surface area contributed by atoms with Crippen molar-refractivity contribution in [2.24, 2.45) is 0 Å². The smallest absolute Gasteiger partial charge is 0.320 e. The number of methoxy groups -OCH3 is 1. The zero-order valence-corrected chi connectivity index (χ0v) is 14.3. The van der Waals surface area contributed by atoms with E-state index in [4.69, 9.17) is 10.5 Å². The van der Waals surface area contributed by atoms with E-state index < -0.39 is 6.92 Å². The fourth-order valence-corrected chi connectivity index (χ4v) is 3.01. The normalized spacial score (nSPS) is 10.9. The number of ether oxygens (including phenoxy) is 1. The van der Waals surface area contributed by atoms with Gasteiger partial charge < -0.3 is 15.5 Å². The first-order valence-electron chi connectivity index (χ1n) is 7.82. The molecular weight excluding hydrogens is 301 g/mol. The number of anilines is 1. The predicted octanol–water partition coefficient (Wildman–Crippen LogP) is 2.33. The molecule has 0 fully saturated rings. The number of aromatic nitrogens is 2. The molecule has 1 aromatic heterocycles. The molecule has 0 radical (unpaired) electrons. The van der Waals surface area contributed by atoms with Crippen LogP contribution in [0.1, 0.15) is 11.3 Å².